The summed E-state index contributed by atoms with van der Waals surface area (Å²) >= 11 is 5.78. The van der Waals surface area contributed by atoms with E-state index in [1.807, 2.05) is 0 Å². The Morgan fingerprint density at radius 2 is 1.96 bits per heavy atom. The van der Waals surface area contributed by atoms with Crippen molar-refractivity contribution in [2.24, 2.45) is 17.6 Å². The van der Waals surface area contributed by atoms with Crippen LogP contribution in [0.25, 0.3) is 0 Å². The number of carbonyl (C=O) groups is 1. The van der Waals surface area contributed by atoms with Crippen molar-refractivity contribution in [2.45, 2.75) is 36.7 Å². The van der Waals surface area contributed by atoms with E-state index in [1.54, 1.807) is 11.8 Å². The Morgan fingerprint density at radius 1 is 1.29 bits per heavy atom. The van der Waals surface area contributed by atoms with Gasteiger partial charge in [-0.2, -0.15) is 4.72 Å². The lowest BCUT2D eigenvalue weighted by Gasteiger charge is -2.23. The van der Waals surface area contributed by atoms with Gasteiger partial charge in [-0.25, -0.2) is 8.42 Å². The first kappa shape index (κ1) is 17.7. The highest BCUT2D eigenvalue weighted by atomic mass is 35.5. The number of nitrogens with two attached hydrogens (primary N) is 1. The molecule has 132 valence electrons. The zero-order valence-corrected chi connectivity index (χ0v) is 15.1. The van der Waals surface area contributed by atoms with Gasteiger partial charge in [0, 0.05) is 24.2 Å². The van der Waals surface area contributed by atoms with Gasteiger partial charge in [0.15, 0.2) is 0 Å². The van der Waals surface area contributed by atoms with E-state index in [9.17, 15) is 13.2 Å². The van der Waals surface area contributed by atoms with E-state index in [4.69, 9.17) is 17.3 Å². The summed E-state index contributed by atoms with van der Waals surface area (Å²) in [6.45, 7) is 2.87. The predicted octanol–water partition coefficient (Wildman–Crippen LogP) is 1.20. The molecule has 1 aliphatic heterocycles. The van der Waals surface area contributed by atoms with Crippen LogP contribution in [0.2, 0.25) is 5.02 Å². The van der Waals surface area contributed by atoms with Crippen LogP contribution in [0.5, 0.6) is 0 Å². The van der Waals surface area contributed by atoms with E-state index in [-0.39, 0.29) is 16.8 Å². The van der Waals surface area contributed by atoms with E-state index < -0.39 is 16.1 Å². The molecule has 3 rings (SSSR count). The predicted molar refractivity (Wildman–Crippen MR) is 92.0 cm³/mol. The van der Waals surface area contributed by atoms with E-state index in [0.717, 1.165) is 12.8 Å². The monoisotopic (exact) mass is 371 g/mol. The van der Waals surface area contributed by atoms with Crippen molar-refractivity contribution in [2.75, 3.05) is 13.1 Å². The van der Waals surface area contributed by atoms with Gasteiger partial charge in [-0.15, -0.1) is 0 Å². The molecule has 0 spiro atoms. The van der Waals surface area contributed by atoms with Crippen molar-refractivity contribution in [1.29, 1.82) is 0 Å². The first-order valence-electron chi connectivity index (χ1n) is 8.10. The first-order chi connectivity index (χ1) is 11.3. The molecule has 24 heavy (non-hydrogen) atoms. The standard InChI is InChI=1S/C16H22ClN3O3S/c1-10(19-24(22,23)13-5-3-12(17)4-6-13)16(21)20-8-11-2-7-15(18)14(11)9-20/h3-6,10-11,14-15,19H,2,7-9,18H2,1H3. The normalized spacial score (nSPS) is 28.0. The minimum absolute atomic E-state index is 0.0897. The van der Waals surface area contributed by atoms with E-state index in [2.05, 4.69) is 4.72 Å². The largest absolute Gasteiger partial charge is 0.341 e. The first-order valence-corrected chi connectivity index (χ1v) is 9.96. The van der Waals surface area contributed by atoms with Crippen LogP contribution >= 0.6 is 11.6 Å². The van der Waals surface area contributed by atoms with Gasteiger partial charge >= 0.3 is 0 Å². The number of rotatable bonds is 4. The average Bonchev–Trinajstić information content (AvgIpc) is 3.09. The maximum Gasteiger partial charge on any atom is 0.241 e. The molecule has 4 unspecified atom stereocenters. The maximum absolute atomic E-state index is 12.6. The number of likely N-dealkylation sites (tertiary alicyclic amines) is 1. The smallest absolute Gasteiger partial charge is 0.241 e. The fourth-order valence-electron chi connectivity index (χ4n) is 3.73. The molecule has 2 aliphatic rings. The number of carbonyl (C=O) groups excluding carboxylic acids is 1. The molecular weight excluding hydrogens is 350 g/mol. The summed E-state index contributed by atoms with van der Waals surface area (Å²) < 4.78 is 27.2. The van der Waals surface area contributed by atoms with Gasteiger partial charge in [0.2, 0.25) is 15.9 Å². The van der Waals surface area contributed by atoms with Crippen molar-refractivity contribution < 1.29 is 13.2 Å². The lowest BCUT2D eigenvalue weighted by molar-refractivity contribution is -0.131. The van der Waals surface area contributed by atoms with E-state index in [0.29, 0.717) is 29.9 Å². The van der Waals surface area contributed by atoms with Crippen molar-refractivity contribution in [3.8, 4) is 0 Å². The highest BCUT2D eigenvalue weighted by molar-refractivity contribution is 7.89. The number of hydrogen-bond donors (Lipinski definition) is 2. The van der Waals surface area contributed by atoms with Crippen molar-refractivity contribution in [3.63, 3.8) is 0 Å². The molecule has 1 aromatic rings. The van der Waals surface area contributed by atoms with Gasteiger partial charge < -0.3 is 10.6 Å². The second kappa shape index (κ2) is 6.63. The van der Waals surface area contributed by atoms with Crippen LogP contribution < -0.4 is 10.5 Å². The number of amides is 1. The summed E-state index contributed by atoms with van der Waals surface area (Å²) in [5.74, 6) is 0.590. The van der Waals surface area contributed by atoms with Crippen LogP contribution in [0, 0.1) is 11.8 Å². The van der Waals surface area contributed by atoms with Crippen molar-refractivity contribution in [1.82, 2.24) is 9.62 Å². The third-order valence-electron chi connectivity index (χ3n) is 5.05. The molecule has 0 aromatic heterocycles. The lowest BCUT2D eigenvalue weighted by Crippen LogP contribution is -2.46. The summed E-state index contributed by atoms with van der Waals surface area (Å²) in [6, 6.07) is 5.18. The second-order valence-electron chi connectivity index (χ2n) is 6.71. The van der Waals surface area contributed by atoms with Crippen LogP contribution in [-0.4, -0.2) is 44.4 Å². The summed E-state index contributed by atoms with van der Waals surface area (Å²) in [6.07, 6.45) is 2.05. The average molecular weight is 372 g/mol. The molecule has 1 saturated heterocycles. The third kappa shape index (κ3) is 3.44. The SMILES string of the molecule is CC(NS(=O)(=O)c1ccc(Cl)cc1)C(=O)N1CC2CCC(N)C2C1. The molecule has 4 atom stereocenters. The summed E-state index contributed by atoms with van der Waals surface area (Å²) in [4.78, 5) is 14.4. The minimum Gasteiger partial charge on any atom is -0.341 e. The Labute approximate surface area is 147 Å². The molecule has 1 aliphatic carbocycles. The number of halogens is 1. The summed E-state index contributed by atoms with van der Waals surface area (Å²) in [5, 5.41) is 0.457. The molecule has 6 nitrogen and oxygen atoms in total. The zero-order chi connectivity index (χ0) is 17.5. The fraction of sp³-hybridized carbons (Fsp3) is 0.562. The second-order valence-corrected chi connectivity index (χ2v) is 8.86. The maximum atomic E-state index is 12.6. The summed E-state index contributed by atoms with van der Waals surface area (Å²) in [7, 11) is -3.76. The Kier molecular flexibility index (Phi) is 4.88. The molecule has 3 N–H and O–H groups in total. The Bertz CT molecular complexity index is 723. The quantitative estimate of drug-likeness (QED) is 0.831. The number of nitrogens with one attached hydrogen (secondary N) is 1. The molecule has 1 aromatic carbocycles. The van der Waals surface area contributed by atoms with Gasteiger partial charge in [-0.1, -0.05) is 11.6 Å². The molecule has 1 saturated carbocycles. The molecule has 0 radical (unpaired) electrons. The number of fused-ring (bicyclic) bond motifs is 1. The fourth-order valence-corrected chi connectivity index (χ4v) is 5.05. The highest BCUT2D eigenvalue weighted by Crippen LogP contribution is 2.37. The molecular formula is C16H22ClN3O3S. The van der Waals surface area contributed by atoms with Gasteiger partial charge in [0.05, 0.1) is 10.9 Å². The zero-order valence-electron chi connectivity index (χ0n) is 13.5. The van der Waals surface area contributed by atoms with Gasteiger partial charge in [0.1, 0.15) is 0 Å². The number of sulfonamides is 1. The van der Waals surface area contributed by atoms with Gasteiger partial charge in [0.25, 0.3) is 0 Å². The summed E-state index contributed by atoms with van der Waals surface area (Å²) in [5.41, 5.74) is 6.09. The third-order valence-corrected chi connectivity index (χ3v) is 6.86. The van der Waals surface area contributed by atoms with Gasteiger partial charge in [-0.05, 0) is 55.9 Å². The lowest BCUT2D eigenvalue weighted by atomic mass is 9.98. The topological polar surface area (TPSA) is 92.5 Å². The highest BCUT2D eigenvalue weighted by Gasteiger charge is 2.43. The molecule has 1 heterocycles. The number of hydrogen-bond acceptors (Lipinski definition) is 4. The molecule has 2 fully saturated rings. The van der Waals surface area contributed by atoms with Crippen LogP contribution in [0.1, 0.15) is 19.8 Å². The van der Waals surface area contributed by atoms with Crippen LogP contribution in [-0.2, 0) is 14.8 Å². The Balaban J connectivity index is 1.65. The number of nitrogens with zero attached hydrogens (tertiary/aromatic N) is 1. The van der Waals surface area contributed by atoms with Crippen LogP contribution in [0.4, 0.5) is 0 Å². The van der Waals surface area contributed by atoms with Crippen LogP contribution in [0.3, 0.4) is 0 Å². The van der Waals surface area contributed by atoms with Crippen molar-refractivity contribution in [3.05, 3.63) is 29.3 Å². The van der Waals surface area contributed by atoms with Gasteiger partial charge in [-0.3, -0.25) is 4.79 Å². The van der Waals surface area contributed by atoms with E-state index >= 15 is 0 Å². The Morgan fingerprint density at radius 3 is 2.58 bits per heavy atom. The Hall–Kier alpha value is -1.15. The number of benzene rings is 1. The van der Waals surface area contributed by atoms with Crippen LogP contribution in [0.15, 0.2) is 29.2 Å². The van der Waals surface area contributed by atoms with E-state index in [1.165, 1.54) is 24.3 Å². The molecule has 0 bridgehead atoms. The minimum atomic E-state index is -3.76. The van der Waals surface area contributed by atoms with Crippen molar-refractivity contribution >= 4 is 27.5 Å². The molecule has 8 heteroatoms. The molecule has 1 amide bonds.